The number of amides is 1. The molecule has 2 atom stereocenters. The Labute approximate surface area is 104 Å². The molecule has 0 aliphatic heterocycles. The first-order chi connectivity index (χ1) is 7.65. The Balaban J connectivity index is 4.37. The van der Waals surface area contributed by atoms with E-state index in [2.05, 4.69) is 5.32 Å². The molecule has 0 saturated heterocycles. The van der Waals surface area contributed by atoms with Crippen LogP contribution in [-0.4, -0.2) is 35.5 Å². The summed E-state index contributed by atoms with van der Waals surface area (Å²) in [7, 11) is 0. The third-order valence-corrected chi connectivity index (χ3v) is 2.13. The van der Waals surface area contributed by atoms with Crippen LogP contribution in [0.25, 0.3) is 0 Å². The van der Waals surface area contributed by atoms with E-state index >= 15 is 0 Å². The Bertz CT molecular complexity index is 236. The highest BCUT2D eigenvalue weighted by molar-refractivity contribution is 5.68. The van der Waals surface area contributed by atoms with Crippen molar-refractivity contribution < 1.29 is 14.6 Å². The van der Waals surface area contributed by atoms with Gasteiger partial charge in [0.2, 0.25) is 0 Å². The number of ether oxygens (including phenoxy) is 1. The molecular weight excluding hydrogens is 220 g/mol. The molecule has 0 fully saturated rings. The zero-order valence-electron chi connectivity index (χ0n) is 11.5. The first-order valence-corrected chi connectivity index (χ1v) is 6.03. The van der Waals surface area contributed by atoms with Crippen LogP contribution in [0.5, 0.6) is 0 Å². The van der Waals surface area contributed by atoms with Gasteiger partial charge in [-0.2, -0.15) is 0 Å². The Morgan fingerprint density at radius 1 is 1.41 bits per heavy atom. The van der Waals surface area contributed by atoms with E-state index in [1.54, 1.807) is 20.8 Å². The van der Waals surface area contributed by atoms with Crippen LogP contribution in [0.2, 0.25) is 0 Å². The van der Waals surface area contributed by atoms with Crippen molar-refractivity contribution in [2.24, 2.45) is 11.7 Å². The van der Waals surface area contributed by atoms with E-state index < -0.39 is 17.8 Å². The Kier molecular flexibility index (Phi) is 6.49. The third kappa shape index (κ3) is 7.99. The van der Waals surface area contributed by atoms with Crippen molar-refractivity contribution in [1.29, 1.82) is 0 Å². The van der Waals surface area contributed by atoms with Crippen LogP contribution in [0, 0.1) is 5.92 Å². The van der Waals surface area contributed by atoms with Crippen molar-refractivity contribution in [3.63, 3.8) is 0 Å². The minimum atomic E-state index is -0.745. The van der Waals surface area contributed by atoms with Gasteiger partial charge < -0.3 is 20.9 Å². The molecule has 0 aromatic rings. The lowest BCUT2D eigenvalue weighted by Gasteiger charge is -2.27. The van der Waals surface area contributed by atoms with Gasteiger partial charge in [0.1, 0.15) is 5.60 Å². The van der Waals surface area contributed by atoms with E-state index in [4.69, 9.17) is 10.5 Å². The van der Waals surface area contributed by atoms with E-state index in [1.807, 2.05) is 13.8 Å². The number of nitrogens with one attached hydrogen (secondary N) is 1. The lowest BCUT2D eigenvalue weighted by molar-refractivity contribution is 0.0413. The lowest BCUT2D eigenvalue weighted by Crippen LogP contribution is -2.48. The van der Waals surface area contributed by atoms with Crippen LogP contribution < -0.4 is 11.1 Å². The first-order valence-electron chi connectivity index (χ1n) is 6.03. The summed E-state index contributed by atoms with van der Waals surface area (Å²) in [5.41, 5.74) is 4.87. The molecule has 0 saturated carbocycles. The number of alkyl carbamates (subject to hydrolysis) is 1. The predicted octanol–water partition coefficient (Wildman–Crippen LogP) is 1.25. The number of carbonyl (C=O) groups is 1. The molecule has 0 heterocycles. The van der Waals surface area contributed by atoms with Crippen molar-refractivity contribution in [1.82, 2.24) is 5.32 Å². The Morgan fingerprint density at radius 2 is 1.94 bits per heavy atom. The third-order valence-electron chi connectivity index (χ3n) is 2.13. The molecule has 102 valence electrons. The van der Waals surface area contributed by atoms with E-state index in [0.717, 1.165) is 0 Å². The Hall–Kier alpha value is -0.810. The second-order valence-corrected chi connectivity index (χ2v) is 5.69. The second kappa shape index (κ2) is 6.81. The van der Waals surface area contributed by atoms with Gasteiger partial charge in [-0.3, -0.25) is 0 Å². The van der Waals surface area contributed by atoms with Crippen LogP contribution in [0.4, 0.5) is 4.79 Å². The number of hydrogen-bond acceptors (Lipinski definition) is 4. The lowest BCUT2D eigenvalue weighted by atomic mass is 9.99. The summed E-state index contributed by atoms with van der Waals surface area (Å²) in [4.78, 5) is 11.6. The molecule has 17 heavy (non-hydrogen) atoms. The fourth-order valence-corrected chi connectivity index (χ4v) is 1.44. The van der Waals surface area contributed by atoms with Gasteiger partial charge in [-0.05, 0) is 33.1 Å². The van der Waals surface area contributed by atoms with Gasteiger partial charge in [0, 0.05) is 6.54 Å². The molecule has 5 nitrogen and oxygen atoms in total. The molecule has 4 N–H and O–H groups in total. The van der Waals surface area contributed by atoms with Gasteiger partial charge in [0.25, 0.3) is 0 Å². The highest BCUT2D eigenvalue weighted by atomic mass is 16.6. The van der Waals surface area contributed by atoms with Gasteiger partial charge in [-0.25, -0.2) is 4.79 Å². The minimum Gasteiger partial charge on any atom is -0.444 e. The number of carbonyl (C=O) groups excluding carboxylic acids is 1. The van der Waals surface area contributed by atoms with Crippen LogP contribution in [-0.2, 0) is 4.74 Å². The molecule has 0 unspecified atom stereocenters. The maximum absolute atomic E-state index is 11.6. The summed E-state index contributed by atoms with van der Waals surface area (Å²) >= 11 is 0. The molecule has 1 amide bonds. The average Bonchev–Trinajstić information content (AvgIpc) is 2.11. The molecule has 0 aromatic heterocycles. The smallest absolute Gasteiger partial charge is 0.407 e. The van der Waals surface area contributed by atoms with Gasteiger partial charge in [-0.15, -0.1) is 0 Å². The maximum Gasteiger partial charge on any atom is 0.407 e. The number of nitrogens with two attached hydrogens (primary N) is 1. The number of aliphatic hydroxyl groups is 1. The van der Waals surface area contributed by atoms with Crippen molar-refractivity contribution in [3.8, 4) is 0 Å². The van der Waals surface area contributed by atoms with Gasteiger partial charge in [0.05, 0.1) is 12.1 Å². The standard InChI is InChI=1S/C12H26N2O3/c1-8(2)6-9(10(15)7-13)14-11(16)17-12(3,4)5/h8-10,15H,6-7,13H2,1-5H3,(H,14,16)/t9-,10+/m0/s1. The van der Waals surface area contributed by atoms with Gasteiger partial charge in [-0.1, -0.05) is 13.8 Å². The largest absolute Gasteiger partial charge is 0.444 e. The summed E-state index contributed by atoms with van der Waals surface area (Å²) in [6.07, 6.45) is -0.599. The second-order valence-electron chi connectivity index (χ2n) is 5.69. The molecule has 0 rings (SSSR count). The summed E-state index contributed by atoms with van der Waals surface area (Å²) in [6, 6.07) is -0.366. The Morgan fingerprint density at radius 3 is 2.29 bits per heavy atom. The molecule has 5 heteroatoms. The van der Waals surface area contributed by atoms with Crippen molar-refractivity contribution in [2.45, 2.75) is 58.8 Å². The van der Waals surface area contributed by atoms with Crippen molar-refractivity contribution >= 4 is 6.09 Å². The molecule has 0 radical (unpaired) electrons. The highest BCUT2D eigenvalue weighted by Gasteiger charge is 2.24. The minimum absolute atomic E-state index is 0.118. The fraction of sp³-hybridized carbons (Fsp3) is 0.917. The SMILES string of the molecule is CC(C)C[C@H](NC(=O)OC(C)(C)C)[C@H](O)CN. The van der Waals surface area contributed by atoms with E-state index in [0.29, 0.717) is 12.3 Å². The van der Waals surface area contributed by atoms with E-state index in [-0.39, 0.29) is 12.6 Å². The van der Waals surface area contributed by atoms with Gasteiger partial charge in [0.15, 0.2) is 0 Å². The topological polar surface area (TPSA) is 84.6 Å². The van der Waals surface area contributed by atoms with Crippen LogP contribution >= 0.6 is 0 Å². The van der Waals surface area contributed by atoms with Crippen molar-refractivity contribution in [2.75, 3.05) is 6.54 Å². The predicted molar refractivity (Wildman–Crippen MR) is 67.7 cm³/mol. The fourth-order valence-electron chi connectivity index (χ4n) is 1.44. The van der Waals surface area contributed by atoms with Crippen molar-refractivity contribution in [3.05, 3.63) is 0 Å². The summed E-state index contributed by atoms with van der Waals surface area (Å²) in [5, 5.41) is 12.4. The molecular formula is C12H26N2O3. The number of hydrogen-bond donors (Lipinski definition) is 3. The molecule has 0 bridgehead atoms. The summed E-state index contributed by atoms with van der Waals surface area (Å²) in [5.74, 6) is 0.358. The molecule has 0 aliphatic carbocycles. The molecule has 0 spiro atoms. The van der Waals surface area contributed by atoms with Crippen LogP contribution in [0.1, 0.15) is 41.0 Å². The monoisotopic (exact) mass is 246 g/mol. The van der Waals surface area contributed by atoms with E-state index in [1.165, 1.54) is 0 Å². The normalized spacial score (nSPS) is 15.5. The first kappa shape index (κ1) is 16.2. The zero-order chi connectivity index (χ0) is 13.6. The quantitative estimate of drug-likeness (QED) is 0.681. The van der Waals surface area contributed by atoms with Crippen LogP contribution in [0.15, 0.2) is 0 Å². The van der Waals surface area contributed by atoms with Crippen LogP contribution in [0.3, 0.4) is 0 Å². The summed E-state index contributed by atoms with van der Waals surface area (Å²) in [6.45, 7) is 9.55. The summed E-state index contributed by atoms with van der Waals surface area (Å²) < 4.78 is 5.14. The zero-order valence-corrected chi connectivity index (χ0v) is 11.5. The molecule has 0 aliphatic rings. The highest BCUT2D eigenvalue weighted by Crippen LogP contribution is 2.11. The van der Waals surface area contributed by atoms with E-state index in [9.17, 15) is 9.90 Å². The number of rotatable bonds is 5. The molecule has 0 aromatic carbocycles. The number of aliphatic hydroxyl groups excluding tert-OH is 1. The maximum atomic E-state index is 11.6. The average molecular weight is 246 g/mol. The van der Waals surface area contributed by atoms with Gasteiger partial charge >= 0.3 is 6.09 Å².